The third-order valence-corrected chi connectivity index (χ3v) is 6.08. The van der Waals surface area contributed by atoms with Crippen LogP contribution in [0, 0.1) is 5.92 Å². The van der Waals surface area contributed by atoms with Crippen molar-refractivity contribution in [2.75, 3.05) is 20.1 Å². The zero-order valence-electron chi connectivity index (χ0n) is 15.9. The number of hydrogen-bond donors (Lipinski definition) is 0. The predicted molar refractivity (Wildman–Crippen MR) is 111 cm³/mol. The number of carbonyl (C=O) groups excluding carboxylic acids is 2. The van der Waals surface area contributed by atoms with Crippen LogP contribution in [0.2, 0.25) is 10.0 Å². The Morgan fingerprint density at radius 3 is 2.57 bits per heavy atom. The largest absolute Gasteiger partial charge is 0.339 e. The van der Waals surface area contributed by atoms with Gasteiger partial charge in [-0.05, 0) is 55.7 Å². The van der Waals surface area contributed by atoms with Gasteiger partial charge in [0.25, 0.3) is 5.91 Å². The average molecular weight is 420 g/mol. The molecule has 1 saturated heterocycles. The second-order valence-electron chi connectivity index (χ2n) is 7.12. The maximum absolute atomic E-state index is 13.1. The normalized spacial score (nSPS) is 17.9. The van der Waals surface area contributed by atoms with Crippen molar-refractivity contribution in [2.45, 2.75) is 25.8 Å². The van der Waals surface area contributed by atoms with Crippen LogP contribution in [-0.2, 0) is 4.79 Å². The Hall–Kier alpha value is -2.11. The smallest absolute Gasteiger partial charge is 0.253 e. The number of nitrogens with zero attached hydrogens (tertiary/aromatic N) is 3. The molecule has 148 valence electrons. The highest BCUT2D eigenvalue weighted by Crippen LogP contribution is 2.27. The molecule has 5 nitrogen and oxygen atoms in total. The van der Waals surface area contributed by atoms with E-state index in [2.05, 4.69) is 4.98 Å². The van der Waals surface area contributed by atoms with E-state index in [1.165, 1.54) is 0 Å². The molecule has 1 fully saturated rings. The van der Waals surface area contributed by atoms with Crippen LogP contribution in [0.1, 0.15) is 41.7 Å². The van der Waals surface area contributed by atoms with Crippen molar-refractivity contribution in [3.8, 4) is 0 Å². The molecule has 7 heteroatoms. The molecule has 1 aliphatic heterocycles. The number of likely N-dealkylation sites (tertiary alicyclic amines) is 1. The summed E-state index contributed by atoms with van der Waals surface area (Å²) in [5.74, 6) is -0.286. The van der Waals surface area contributed by atoms with Gasteiger partial charge < -0.3 is 9.80 Å². The second kappa shape index (κ2) is 8.93. The lowest BCUT2D eigenvalue weighted by atomic mass is 9.95. The minimum atomic E-state index is -0.213. The Labute approximate surface area is 175 Å². The molecular formula is C21H23Cl2N3O2. The Morgan fingerprint density at radius 1 is 1.18 bits per heavy atom. The van der Waals surface area contributed by atoms with E-state index in [4.69, 9.17) is 23.2 Å². The van der Waals surface area contributed by atoms with E-state index in [-0.39, 0.29) is 23.8 Å². The molecule has 1 aromatic carbocycles. The molecule has 0 spiro atoms. The van der Waals surface area contributed by atoms with E-state index >= 15 is 0 Å². The summed E-state index contributed by atoms with van der Waals surface area (Å²) >= 11 is 12.0. The first-order valence-corrected chi connectivity index (χ1v) is 10.0. The van der Waals surface area contributed by atoms with Gasteiger partial charge in [-0.1, -0.05) is 23.2 Å². The molecule has 2 heterocycles. The lowest BCUT2D eigenvalue weighted by Gasteiger charge is -2.35. The number of amides is 2. The quantitative estimate of drug-likeness (QED) is 0.734. The Kier molecular flexibility index (Phi) is 6.57. The zero-order valence-corrected chi connectivity index (χ0v) is 17.5. The molecule has 0 aliphatic carbocycles. The molecule has 0 N–H and O–H groups in total. The number of rotatable bonds is 4. The molecular weight excluding hydrogens is 397 g/mol. The van der Waals surface area contributed by atoms with Crippen molar-refractivity contribution in [1.29, 1.82) is 0 Å². The van der Waals surface area contributed by atoms with E-state index in [9.17, 15) is 9.59 Å². The van der Waals surface area contributed by atoms with Gasteiger partial charge in [0.2, 0.25) is 5.91 Å². The van der Waals surface area contributed by atoms with E-state index in [1.54, 1.807) is 40.4 Å². The van der Waals surface area contributed by atoms with Crippen molar-refractivity contribution in [3.63, 3.8) is 0 Å². The zero-order chi connectivity index (χ0) is 20.3. The van der Waals surface area contributed by atoms with Crippen molar-refractivity contribution in [2.24, 2.45) is 5.92 Å². The van der Waals surface area contributed by atoms with Gasteiger partial charge in [-0.2, -0.15) is 0 Å². The average Bonchev–Trinajstić information content (AvgIpc) is 2.74. The van der Waals surface area contributed by atoms with E-state index in [0.29, 0.717) is 28.7 Å². The first-order valence-electron chi connectivity index (χ1n) is 9.29. The maximum atomic E-state index is 13.1. The molecule has 0 bridgehead atoms. The van der Waals surface area contributed by atoms with Gasteiger partial charge >= 0.3 is 0 Å². The Balaban J connectivity index is 1.69. The SMILES string of the molecule is CC(c1ccncc1)N(C)C(=O)C1CCCN(C(=O)c2ccc(Cl)c(Cl)c2)C1. The van der Waals surface area contributed by atoms with E-state index < -0.39 is 0 Å². The summed E-state index contributed by atoms with van der Waals surface area (Å²) in [7, 11) is 1.81. The van der Waals surface area contributed by atoms with Crippen LogP contribution in [-0.4, -0.2) is 46.7 Å². The van der Waals surface area contributed by atoms with Gasteiger partial charge in [0.1, 0.15) is 0 Å². The Morgan fingerprint density at radius 2 is 1.89 bits per heavy atom. The molecule has 2 atom stereocenters. The van der Waals surface area contributed by atoms with Crippen LogP contribution < -0.4 is 0 Å². The molecule has 1 aliphatic rings. The third-order valence-electron chi connectivity index (χ3n) is 5.34. The number of halogens is 2. The first kappa shape index (κ1) is 20.6. The first-order chi connectivity index (χ1) is 13.4. The maximum Gasteiger partial charge on any atom is 0.253 e. The van der Waals surface area contributed by atoms with Crippen LogP contribution in [0.15, 0.2) is 42.7 Å². The van der Waals surface area contributed by atoms with Gasteiger partial charge in [-0.25, -0.2) is 0 Å². The molecule has 3 rings (SSSR count). The molecule has 0 radical (unpaired) electrons. The molecule has 2 unspecified atom stereocenters. The number of pyridine rings is 1. The van der Waals surface area contributed by atoms with Gasteiger partial charge in [0, 0.05) is 38.1 Å². The fraction of sp³-hybridized carbons (Fsp3) is 0.381. The molecule has 28 heavy (non-hydrogen) atoms. The van der Waals surface area contributed by atoms with Gasteiger partial charge in [0.15, 0.2) is 0 Å². The minimum Gasteiger partial charge on any atom is -0.339 e. The van der Waals surface area contributed by atoms with Crippen LogP contribution in [0.4, 0.5) is 0 Å². The van der Waals surface area contributed by atoms with Gasteiger partial charge in [0.05, 0.1) is 22.0 Å². The lowest BCUT2D eigenvalue weighted by Crippen LogP contribution is -2.46. The number of carbonyl (C=O) groups is 2. The molecule has 0 saturated carbocycles. The van der Waals surface area contributed by atoms with Crippen molar-refractivity contribution in [3.05, 3.63) is 63.9 Å². The summed E-state index contributed by atoms with van der Waals surface area (Å²) in [5, 5.41) is 0.764. The van der Waals surface area contributed by atoms with Crippen LogP contribution in [0.3, 0.4) is 0 Å². The highest BCUT2D eigenvalue weighted by atomic mass is 35.5. The van der Waals surface area contributed by atoms with Crippen LogP contribution >= 0.6 is 23.2 Å². The van der Waals surface area contributed by atoms with Crippen LogP contribution in [0.25, 0.3) is 0 Å². The van der Waals surface area contributed by atoms with Crippen molar-refractivity contribution in [1.82, 2.24) is 14.8 Å². The van der Waals surface area contributed by atoms with Crippen LogP contribution in [0.5, 0.6) is 0 Å². The molecule has 2 amide bonds. The molecule has 2 aromatic rings. The number of aromatic nitrogens is 1. The topological polar surface area (TPSA) is 53.5 Å². The fourth-order valence-corrected chi connectivity index (χ4v) is 3.82. The van der Waals surface area contributed by atoms with Crippen molar-refractivity contribution >= 4 is 35.0 Å². The van der Waals surface area contributed by atoms with E-state index in [1.807, 2.05) is 26.1 Å². The minimum absolute atomic E-state index is 0.0518. The van der Waals surface area contributed by atoms with Crippen molar-refractivity contribution < 1.29 is 9.59 Å². The summed E-state index contributed by atoms with van der Waals surface area (Å²) in [6, 6.07) is 8.63. The summed E-state index contributed by atoms with van der Waals surface area (Å²) in [6.07, 6.45) is 5.02. The van der Waals surface area contributed by atoms with Gasteiger partial charge in [-0.15, -0.1) is 0 Å². The summed E-state index contributed by atoms with van der Waals surface area (Å²) in [5.41, 5.74) is 1.52. The summed E-state index contributed by atoms with van der Waals surface area (Å²) < 4.78 is 0. The molecule has 1 aromatic heterocycles. The summed E-state index contributed by atoms with van der Waals surface area (Å²) in [4.78, 5) is 33.4. The highest BCUT2D eigenvalue weighted by molar-refractivity contribution is 6.42. The lowest BCUT2D eigenvalue weighted by molar-refractivity contribution is -0.137. The third kappa shape index (κ3) is 4.47. The standard InChI is InChI=1S/C21H23Cl2N3O2/c1-14(15-7-9-24-10-8-15)25(2)20(27)17-4-3-11-26(13-17)21(28)16-5-6-18(22)19(23)12-16/h5-10,12,14,17H,3-4,11,13H2,1-2H3. The predicted octanol–water partition coefficient (Wildman–Crippen LogP) is 4.46. The number of benzene rings is 1. The number of hydrogen-bond acceptors (Lipinski definition) is 3. The second-order valence-corrected chi connectivity index (χ2v) is 7.94. The number of piperidine rings is 1. The highest BCUT2D eigenvalue weighted by Gasteiger charge is 2.32. The fourth-order valence-electron chi connectivity index (χ4n) is 3.52. The van der Waals surface area contributed by atoms with Gasteiger partial charge in [-0.3, -0.25) is 14.6 Å². The van der Waals surface area contributed by atoms with E-state index in [0.717, 1.165) is 18.4 Å². The Bertz CT molecular complexity index is 860. The monoisotopic (exact) mass is 419 g/mol. The summed E-state index contributed by atoms with van der Waals surface area (Å²) in [6.45, 7) is 3.03.